The van der Waals surface area contributed by atoms with E-state index in [-0.39, 0.29) is 5.54 Å². The molecule has 3 nitrogen and oxygen atoms in total. The Kier molecular flexibility index (Phi) is 5.29. The van der Waals surface area contributed by atoms with Gasteiger partial charge in [0.15, 0.2) is 0 Å². The summed E-state index contributed by atoms with van der Waals surface area (Å²) < 4.78 is 1.11. The van der Waals surface area contributed by atoms with Crippen LogP contribution in [0.1, 0.15) is 32.3 Å². The highest BCUT2D eigenvalue weighted by atomic mass is 79.9. The third-order valence-corrected chi connectivity index (χ3v) is 4.23. The van der Waals surface area contributed by atoms with Gasteiger partial charge in [0.1, 0.15) is 5.82 Å². The highest BCUT2D eigenvalue weighted by Gasteiger charge is 2.09. The molecule has 0 spiro atoms. The van der Waals surface area contributed by atoms with Crippen molar-refractivity contribution in [1.29, 1.82) is 0 Å². The van der Waals surface area contributed by atoms with E-state index in [4.69, 9.17) is 0 Å². The Morgan fingerprint density at radius 3 is 2.60 bits per heavy atom. The molecule has 0 aliphatic heterocycles. The summed E-state index contributed by atoms with van der Waals surface area (Å²) in [7, 11) is 0. The van der Waals surface area contributed by atoms with Crippen LogP contribution in [0.3, 0.4) is 0 Å². The Morgan fingerprint density at radius 1 is 1.25 bits per heavy atom. The van der Waals surface area contributed by atoms with Crippen molar-refractivity contribution in [3.8, 4) is 0 Å². The van der Waals surface area contributed by atoms with Crippen LogP contribution in [-0.2, 0) is 12.3 Å². The minimum atomic E-state index is 0.122. The molecule has 2 N–H and O–H groups in total. The number of imidazole rings is 1. The zero-order chi connectivity index (χ0) is 14.6. The molecule has 108 valence electrons. The predicted molar refractivity (Wildman–Crippen MR) is 88.9 cm³/mol. The lowest BCUT2D eigenvalue weighted by Crippen LogP contribution is -2.35. The molecule has 1 heterocycles. The zero-order valence-electron chi connectivity index (χ0n) is 12.0. The molecule has 0 aliphatic rings. The average Bonchev–Trinajstić information content (AvgIpc) is 2.83. The van der Waals surface area contributed by atoms with E-state index in [1.807, 2.05) is 6.20 Å². The van der Waals surface area contributed by atoms with Gasteiger partial charge in [-0.15, -0.1) is 11.8 Å². The van der Waals surface area contributed by atoms with E-state index >= 15 is 0 Å². The Balaban J connectivity index is 1.85. The quantitative estimate of drug-likeness (QED) is 0.784. The van der Waals surface area contributed by atoms with Crippen molar-refractivity contribution in [2.45, 2.75) is 43.5 Å². The number of nitrogens with one attached hydrogen (secondary N) is 2. The molecule has 0 atom stereocenters. The molecule has 1 aromatic carbocycles. The van der Waals surface area contributed by atoms with Crippen molar-refractivity contribution < 1.29 is 0 Å². The highest BCUT2D eigenvalue weighted by Crippen LogP contribution is 2.23. The second-order valence-electron chi connectivity index (χ2n) is 5.70. The van der Waals surface area contributed by atoms with Crippen LogP contribution in [-0.4, -0.2) is 15.5 Å². The standard InChI is InChI=1S/C15H20BrN3S/c1-15(2,3)18-9-12-8-17-14(19-12)10-20-13-6-4-11(16)5-7-13/h4-8,18H,9-10H2,1-3H3,(H,17,19). The molecule has 2 rings (SSSR count). The maximum Gasteiger partial charge on any atom is 0.116 e. The van der Waals surface area contributed by atoms with Gasteiger partial charge < -0.3 is 10.3 Å². The minimum absolute atomic E-state index is 0.122. The van der Waals surface area contributed by atoms with Crippen molar-refractivity contribution in [3.05, 3.63) is 46.5 Å². The van der Waals surface area contributed by atoms with E-state index < -0.39 is 0 Å². The molecule has 0 amide bonds. The van der Waals surface area contributed by atoms with Crippen molar-refractivity contribution in [1.82, 2.24) is 15.3 Å². The van der Waals surface area contributed by atoms with E-state index in [0.29, 0.717) is 0 Å². The summed E-state index contributed by atoms with van der Waals surface area (Å²) >= 11 is 5.23. The molecule has 0 radical (unpaired) electrons. The lowest BCUT2D eigenvalue weighted by Gasteiger charge is -2.19. The van der Waals surface area contributed by atoms with Gasteiger partial charge >= 0.3 is 0 Å². The molecule has 20 heavy (non-hydrogen) atoms. The number of H-pyrrole nitrogens is 1. The van der Waals surface area contributed by atoms with Gasteiger partial charge in [-0.2, -0.15) is 0 Å². The summed E-state index contributed by atoms with van der Waals surface area (Å²) in [6, 6.07) is 8.34. The fraction of sp³-hybridized carbons (Fsp3) is 0.400. The van der Waals surface area contributed by atoms with Gasteiger partial charge in [-0.25, -0.2) is 4.98 Å². The number of aromatic amines is 1. The zero-order valence-corrected chi connectivity index (χ0v) is 14.4. The van der Waals surface area contributed by atoms with Crippen LogP contribution < -0.4 is 5.32 Å². The molecule has 1 aromatic heterocycles. The fourth-order valence-corrected chi connectivity index (χ4v) is 2.65. The Bertz CT molecular complexity index is 543. The van der Waals surface area contributed by atoms with Crippen LogP contribution in [0.5, 0.6) is 0 Å². The van der Waals surface area contributed by atoms with Gasteiger partial charge in [-0.05, 0) is 45.0 Å². The molecule has 0 bridgehead atoms. The number of thioether (sulfide) groups is 1. The third-order valence-electron chi connectivity index (χ3n) is 2.68. The van der Waals surface area contributed by atoms with Gasteiger partial charge in [-0.1, -0.05) is 15.9 Å². The van der Waals surface area contributed by atoms with E-state index in [1.165, 1.54) is 4.90 Å². The lowest BCUT2D eigenvalue weighted by molar-refractivity contribution is 0.421. The van der Waals surface area contributed by atoms with Gasteiger partial charge in [0.25, 0.3) is 0 Å². The topological polar surface area (TPSA) is 40.7 Å². The van der Waals surface area contributed by atoms with Crippen molar-refractivity contribution in [3.63, 3.8) is 0 Å². The molecular formula is C15H20BrN3S. The highest BCUT2D eigenvalue weighted by molar-refractivity contribution is 9.10. The Labute approximate surface area is 133 Å². The Hall–Kier alpha value is -0.780. The summed E-state index contributed by atoms with van der Waals surface area (Å²) in [6.45, 7) is 7.30. The monoisotopic (exact) mass is 353 g/mol. The second-order valence-corrected chi connectivity index (χ2v) is 7.67. The fourth-order valence-electron chi connectivity index (χ4n) is 1.61. The van der Waals surface area contributed by atoms with Gasteiger partial charge in [0.05, 0.1) is 5.75 Å². The predicted octanol–water partition coefficient (Wildman–Crippen LogP) is 4.35. The largest absolute Gasteiger partial charge is 0.344 e. The summed E-state index contributed by atoms with van der Waals surface area (Å²) in [5, 5.41) is 3.45. The second kappa shape index (κ2) is 6.78. The van der Waals surface area contributed by atoms with Crippen molar-refractivity contribution >= 4 is 27.7 Å². The van der Waals surface area contributed by atoms with E-state index in [0.717, 1.165) is 28.3 Å². The minimum Gasteiger partial charge on any atom is -0.344 e. The molecule has 0 aliphatic carbocycles. The van der Waals surface area contributed by atoms with Crippen LogP contribution in [0.2, 0.25) is 0 Å². The Morgan fingerprint density at radius 2 is 1.95 bits per heavy atom. The van der Waals surface area contributed by atoms with Gasteiger partial charge in [0, 0.05) is 33.3 Å². The van der Waals surface area contributed by atoms with E-state index in [9.17, 15) is 0 Å². The average molecular weight is 354 g/mol. The van der Waals surface area contributed by atoms with E-state index in [1.54, 1.807) is 11.8 Å². The van der Waals surface area contributed by atoms with Gasteiger partial charge in [-0.3, -0.25) is 0 Å². The lowest BCUT2D eigenvalue weighted by atomic mass is 10.1. The summed E-state index contributed by atoms with van der Waals surface area (Å²) in [6.07, 6.45) is 1.91. The molecule has 0 saturated carbocycles. The maximum atomic E-state index is 4.42. The number of benzene rings is 1. The maximum absolute atomic E-state index is 4.42. The first-order valence-electron chi connectivity index (χ1n) is 6.58. The van der Waals surface area contributed by atoms with Crippen LogP contribution in [0.25, 0.3) is 0 Å². The number of rotatable bonds is 5. The van der Waals surface area contributed by atoms with Crippen molar-refractivity contribution in [2.24, 2.45) is 0 Å². The first-order chi connectivity index (χ1) is 9.42. The van der Waals surface area contributed by atoms with Crippen LogP contribution >= 0.6 is 27.7 Å². The third kappa shape index (κ3) is 5.31. The summed E-state index contributed by atoms with van der Waals surface area (Å²) in [5.74, 6) is 1.88. The first kappa shape index (κ1) is 15.6. The molecule has 0 saturated heterocycles. The van der Waals surface area contributed by atoms with Crippen LogP contribution in [0, 0.1) is 0 Å². The normalized spacial score (nSPS) is 11.8. The smallest absolute Gasteiger partial charge is 0.116 e. The number of hydrogen-bond acceptors (Lipinski definition) is 3. The number of halogens is 1. The number of aromatic nitrogens is 2. The first-order valence-corrected chi connectivity index (χ1v) is 8.36. The molecule has 0 unspecified atom stereocenters. The van der Waals surface area contributed by atoms with E-state index in [2.05, 4.69) is 76.3 Å². The van der Waals surface area contributed by atoms with Crippen LogP contribution in [0.15, 0.2) is 39.8 Å². The number of hydrogen-bond donors (Lipinski definition) is 2. The molecule has 2 aromatic rings. The summed E-state index contributed by atoms with van der Waals surface area (Å²) in [5.41, 5.74) is 1.25. The SMILES string of the molecule is CC(C)(C)NCc1cnc(CSc2ccc(Br)cc2)[nH]1. The van der Waals surface area contributed by atoms with Gasteiger partial charge in [0.2, 0.25) is 0 Å². The number of nitrogens with zero attached hydrogens (tertiary/aromatic N) is 1. The van der Waals surface area contributed by atoms with Crippen molar-refractivity contribution in [2.75, 3.05) is 0 Å². The summed E-state index contributed by atoms with van der Waals surface area (Å²) in [4.78, 5) is 9.04. The molecule has 0 fully saturated rings. The molecular weight excluding hydrogens is 334 g/mol. The molecule has 5 heteroatoms. The van der Waals surface area contributed by atoms with Crippen LogP contribution in [0.4, 0.5) is 0 Å².